The average Bonchev–Trinajstić information content (AvgIpc) is 2.90. The normalized spacial score (nSPS) is 13.6. The highest BCUT2D eigenvalue weighted by Gasteiger charge is 2.03. The van der Waals surface area contributed by atoms with Crippen molar-refractivity contribution in [1.82, 2.24) is 0 Å². The molecular weight excluding hydrogens is 240 g/mol. The number of carbonyl (C=O) groups excluding carboxylic acids is 1. The highest BCUT2D eigenvalue weighted by Crippen LogP contribution is 2.01. The molecule has 0 saturated carbocycles. The number of aliphatic hydroxyl groups excluding tert-OH is 1. The second-order valence-corrected chi connectivity index (χ2v) is 3.86. The summed E-state index contributed by atoms with van der Waals surface area (Å²) in [4.78, 5) is 20.8. The van der Waals surface area contributed by atoms with Crippen molar-refractivity contribution in [1.29, 1.82) is 0 Å². The molecule has 0 unspecified atom stereocenters. The smallest absolute Gasteiger partial charge is 0.305 e. The van der Waals surface area contributed by atoms with E-state index in [0.717, 1.165) is 13.2 Å². The molecule has 0 bridgehead atoms. The molecule has 0 aromatic carbocycles. The van der Waals surface area contributed by atoms with Crippen LogP contribution in [0.5, 0.6) is 0 Å². The van der Waals surface area contributed by atoms with E-state index in [2.05, 4.69) is 4.74 Å². The molecule has 1 rings (SSSR count). The van der Waals surface area contributed by atoms with Crippen molar-refractivity contribution in [3.63, 3.8) is 0 Å². The summed E-state index contributed by atoms with van der Waals surface area (Å²) >= 11 is 0. The summed E-state index contributed by atoms with van der Waals surface area (Å²) in [6, 6.07) is 0. The standard InChI is InChI=1S/C8H14O5.C4H8O/c9-5-6-13-8(12)4-2-1-3-7(10)11;1-2-4-5-3-1/h9H,1-6H2,(H,10,11);1-4H2. The van der Waals surface area contributed by atoms with Gasteiger partial charge in [0.05, 0.1) is 6.61 Å². The van der Waals surface area contributed by atoms with E-state index >= 15 is 0 Å². The van der Waals surface area contributed by atoms with Crippen LogP contribution in [0.25, 0.3) is 0 Å². The fourth-order valence-corrected chi connectivity index (χ4v) is 1.29. The van der Waals surface area contributed by atoms with Crippen molar-refractivity contribution in [3.8, 4) is 0 Å². The van der Waals surface area contributed by atoms with Crippen molar-refractivity contribution in [3.05, 3.63) is 0 Å². The summed E-state index contributed by atoms with van der Waals surface area (Å²) < 4.78 is 9.51. The first kappa shape index (κ1) is 16.9. The van der Waals surface area contributed by atoms with Crippen LogP contribution in [-0.4, -0.2) is 48.6 Å². The third kappa shape index (κ3) is 12.9. The molecule has 0 radical (unpaired) electrons. The molecule has 1 aliphatic heterocycles. The summed E-state index contributed by atoms with van der Waals surface area (Å²) in [5.41, 5.74) is 0. The number of carbonyl (C=O) groups is 2. The lowest BCUT2D eigenvalue weighted by atomic mass is 10.2. The SMILES string of the molecule is C1CCOC1.O=C(O)CCCCC(=O)OCCO. The van der Waals surface area contributed by atoms with E-state index < -0.39 is 5.97 Å². The molecule has 0 aromatic heterocycles. The molecule has 2 N–H and O–H groups in total. The molecule has 0 spiro atoms. The molecule has 1 aliphatic rings. The van der Waals surface area contributed by atoms with E-state index in [0.29, 0.717) is 12.8 Å². The Bertz CT molecular complexity index is 217. The number of carboxylic acid groups (broad SMARTS) is 1. The minimum Gasteiger partial charge on any atom is -0.481 e. The number of aliphatic hydroxyl groups is 1. The Morgan fingerprint density at radius 1 is 1.11 bits per heavy atom. The zero-order valence-electron chi connectivity index (χ0n) is 10.6. The van der Waals surface area contributed by atoms with E-state index in [1.165, 1.54) is 12.8 Å². The first-order chi connectivity index (χ1) is 8.66. The zero-order chi connectivity index (χ0) is 13.6. The predicted molar refractivity (Wildman–Crippen MR) is 64.2 cm³/mol. The van der Waals surface area contributed by atoms with Gasteiger partial charge in [0.15, 0.2) is 0 Å². The van der Waals surface area contributed by atoms with Crippen LogP contribution in [0, 0.1) is 0 Å². The number of esters is 1. The minimum absolute atomic E-state index is 0.0117. The van der Waals surface area contributed by atoms with Crippen LogP contribution in [0.3, 0.4) is 0 Å². The van der Waals surface area contributed by atoms with Gasteiger partial charge in [-0.15, -0.1) is 0 Å². The molecule has 0 aromatic rings. The number of hydrogen-bond acceptors (Lipinski definition) is 5. The minimum atomic E-state index is -0.858. The molecule has 1 heterocycles. The molecule has 106 valence electrons. The first-order valence-electron chi connectivity index (χ1n) is 6.23. The number of carboxylic acids is 1. The second-order valence-electron chi connectivity index (χ2n) is 3.86. The van der Waals surface area contributed by atoms with E-state index in [-0.39, 0.29) is 32.0 Å². The van der Waals surface area contributed by atoms with Gasteiger partial charge in [0.2, 0.25) is 0 Å². The van der Waals surface area contributed by atoms with Crippen molar-refractivity contribution >= 4 is 11.9 Å². The van der Waals surface area contributed by atoms with Crippen LogP contribution in [-0.2, 0) is 19.1 Å². The number of hydrogen-bond donors (Lipinski definition) is 2. The Kier molecular flexibility index (Phi) is 11.5. The van der Waals surface area contributed by atoms with Crippen molar-refractivity contribution in [2.75, 3.05) is 26.4 Å². The van der Waals surface area contributed by atoms with Gasteiger partial charge in [0.25, 0.3) is 0 Å². The third-order valence-electron chi connectivity index (χ3n) is 2.20. The summed E-state index contributed by atoms with van der Waals surface area (Å²) in [5, 5.41) is 16.6. The van der Waals surface area contributed by atoms with Gasteiger partial charge >= 0.3 is 11.9 Å². The van der Waals surface area contributed by atoms with Crippen LogP contribution < -0.4 is 0 Å². The molecule has 0 amide bonds. The van der Waals surface area contributed by atoms with Crippen molar-refractivity contribution in [2.45, 2.75) is 38.5 Å². The van der Waals surface area contributed by atoms with Crippen LogP contribution >= 0.6 is 0 Å². The predicted octanol–water partition coefficient (Wildman–Crippen LogP) is 0.964. The van der Waals surface area contributed by atoms with E-state index in [9.17, 15) is 9.59 Å². The Hall–Kier alpha value is -1.14. The van der Waals surface area contributed by atoms with Crippen LogP contribution in [0.15, 0.2) is 0 Å². The quantitative estimate of drug-likeness (QED) is 0.524. The summed E-state index contributed by atoms with van der Waals surface area (Å²) in [5.74, 6) is -1.25. The molecule has 6 nitrogen and oxygen atoms in total. The van der Waals surface area contributed by atoms with Gasteiger partial charge in [-0.05, 0) is 25.7 Å². The van der Waals surface area contributed by atoms with Gasteiger partial charge in [-0.2, -0.15) is 0 Å². The van der Waals surface area contributed by atoms with E-state index in [1.807, 2.05) is 0 Å². The van der Waals surface area contributed by atoms with E-state index in [4.69, 9.17) is 14.9 Å². The van der Waals surface area contributed by atoms with Crippen LogP contribution in [0.2, 0.25) is 0 Å². The Morgan fingerprint density at radius 3 is 2.17 bits per heavy atom. The number of unbranched alkanes of at least 4 members (excludes halogenated alkanes) is 1. The maximum absolute atomic E-state index is 10.8. The Balaban J connectivity index is 0.000000473. The lowest BCUT2D eigenvalue weighted by Crippen LogP contribution is -2.08. The number of rotatable bonds is 7. The van der Waals surface area contributed by atoms with Crippen LogP contribution in [0.4, 0.5) is 0 Å². The van der Waals surface area contributed by atoms with Gasteiger partial charge in [-0.1, -0.05) is 0 Å². The molecule has 0 atom stereocenters. The molecule has 1 saturated heterocycles. The number of ether oxygens (including phenoxy) is 2. The largest absolute Gasteiger partial charge is 0.481 e. The molecule has 1 fully saturated rings. The highest BCUT2D eigenvalue weighted by molar-refractivity contribution is 5.69. The Labute approximate surface area is 107 Å². The monoisotopic (exact) mass is 262 g/mol. The van der Waals surface area contributed by atoms with Gasteiger partial charge in [0, 0.05) is 26.1 Å². The maximum Gasteiger partial charge on any atom is 0.305 e. The molecule has 0 aliphatic carbocycles. The number of aliphatic carboxylic acids is 1. The van der Waals surface area contributed by atoms with Gasteiger partial charge < -0.3 is 19.7 Å². The van der Waals surface area contributed by atoms with Crippen molar-refractivity contribution in [2.24, 2.45) is 0 Å². The molecule has 18 heavy (non-hydrogen) atoms. The lowest BCUT2D eigenvalue weighted by molar-refractivity contribution is -0.145. The Morgan fingerprint density at radius 2 is 1.72 bits per heavy atom. The fourth-order valence-electron chi connectivity index (χ4n) is 1.29. The average molecular weight is 262 g/mol. The molecular formula is C12H22O6. The lowest BCUT2D eigenvalue weighted by Gasteiger charge is -2.01. The topological polar surface area (TPSA) is 93.1 Å². The second kappa shape index (κ2) is 12.3. The zero-order valence-corrected chi connectivity index (χ0v) is 10.6. The van der Waals surface area contributed by atoms with Gasteiger partial charge in [0.1, 0.15) is 6.61 Å². The summed E-state index contributed by atoms with van der Waals surface area (Å²) in [6.07, 6.45) is 3.83. The van der Waals surface area contributed by atoms with E-state index in [1.54, 1.807) is 0 Å². The highest BCUT2D eigenvalue weighted by atomic mass is 16.5. The summed E-state index contributed by atoms with van der Waals surface area (Å²) in [7, 11) is 0. The van der Waals surface area contributed by atoms with Crippen molar-refractivity contribution < 1.29 is 29.3 Å². The van der Waals surface area contributed by atoms with Crippen LogP contribution in [0.1, 0.15) is 38.5 Å². The van der Waals surface area contributed by atoms with Gasteiger partial charge in [-0.25, -0.2) is 0 Å². The maximum atomic E-state index is 10.8. The third-order valence-corrected chi connectivity index (χ3v) is 2.20. The fraction of sp³-hybridized carbons (Fsp3) is 0.833. The first-order valence-corrected chi connectivity index (χ1v) is 6.23. The van der Waals surface area contributed by atoms with Gasteiger partial charge in [-0.3, -0.25) is 9.59 Å². The summed E-state index contributed by atoms with van der Waals surface area (Å²) in [6.45, 7) is 1.83. The molecule has 6 heteroatoms.